The second-order valence-corrected chi connectivity index (χ2v) is 7.71. The topological polar surface area (TPSA) is 114 Å². The first-order chi connectivity index (χ1) is 14.5. The van der Waals surface area contributed by atoms with Crippen LogP contribution in [0.3, 0.4) is 0 Å². The predicted octanol–water partition coefficient (Wildman–Crippen LogP) is 1.59. The Morgan fingerprint density at radius 2 is 2.13 bits per heavy atom. The molecule has 1 unspecified atom stereocenters. The molecule has 0 amide bonds. The molecule has 154 valence electrons. The van der Waals surface area contributed by atoms with Crippen molar-refractivity contribution in [1.29, 1.82) is 5.26 Å². The third kappa shape index (κ3) is 3.72. The Labute approximate surface area is 174 Å². The number of esters is 1. The zero-order valence-corrected chi connectivity index (χ0v) is 16.7. The summed E-state index contributed by atoms with van der Waals surface area (Å²) in [6.07, 6.45) is 3.30. The summed E-state index contributed by atoms with van der Waals surface area (Å²) in [5.41, 5.74) is 8.17. The van der Waals surface area contributed by atoms with Gasteiger partial charge in [0, 0.05) is 36.5 Å². The van der Waals surface area contributed by atoms with Crippen LogP contribution in [0.4, 0.5) is 0 Å². The fraction of sp³-hybridized carbons (Fsp3) is 0.364. The molecule has 2 atom stereocenters. The fourth-order valence-electron chi connectivity index (χ4n) is 4.15. The minimum Gasteiger partial charge on any atom is -0.409 e. The van der Waals surface area contributed by atoms with Crippen molar-refractivity contribution in [3.05, 3.63) is 75.3 Å². The average Bonchev–Trinajstić information content (AvgIpc) is 3.11. The molecule has 30 heavy (non-hydrogen) atoms. The Bertz CT molecular complexity index is 1110. The Kier molecular flexibility index (Phi) is 5.38. The van der Waals surface area contributed by atoms with Gasteiger partial charge < -0.3 is 15.4 Å². The molecule has 4 rings (SSSR count). The van der Waals surface area contributed by atoms with Gasteiger partial charge in [-0.15, -0.1) is 0 Å². The van der Waals surface area contributed by atoms with Gasteiger partial charge in [0.2, 0.25) is 5.88 Å². The summed E-state index contributed by atoms with van der Waals surface area (Å²) < 4.78 is 7.08. The monoisotopic (exact) mass is 405 g/mol. The molecule has 2 aromatic rings. The number of rotatable bonds is 4. The van der Waals surface area contributed by atoms with Gasteiger partial charge in [-0.25, -0.2) is 4.98 Å². The van der Waals surface area contributed by atoms with Gasteiger partial charge in [-0.1, -0.05) is 18.2 Å². The number of carbonyl (C=O) groups excluding carboxylic acids is 1. The minimum atomic E-state index is -0.680. The molecule has 8 nitrogen and oxygen atoms in total. The maximum Gasteiger partial charge on any atom is 0.316 e. The summed E-state index contributed by atoms with van der Waals surface area (Å²) >= 11 is 0. The van der Waals surface area contributed by atoms with Crippen molar-refractivity contribution in [1.82, 2.24) is 14.5 Å². The van der Waals surface area contributed by atoms with Gasteiger partial charge in [0.05, 0.1) is 30.4 Å². The largest absolute Gasteiger partial charge is 0.409 e. The highest BCUT2D eigenvalue weighted by Crippen LogP contribution is 2.38. The molecular formula is C22H23N5O3. The third-order valence-electron chi connectivity index (χ3n) is 5.52. The van der Waals surface area contributed by atoms with Gasteiger partial charge in [0.1, 0.15) is 0 Å². The smallest absolute Gasteiger partial charge is 0.316 e. The van der Waals surface area contributed by atoms with E-state index in [-0.39, 0.29) is 24.0 Å². The second-order valence-electron chi connectivity index (χ2n) is 7.71. The summed E-state index contributed by atoms with van der Waals surface area (Å²) in [5.74, 6) is 0.0621. The zero-order chi connectivity index (χ0) is 21.3. The van der Waals surface area contributed by atoms with Crippen LogP contribution in [0.25, 0.3) is 0 Å². The lowest BCUT2D eigenvalue weighted by Crippen LogP contribution is -2.43. The molecular weight excluding hydrogens is 382 g/mol. The van der Waals surface area contributed by atoms with Gasteiger partial charge in [0.25, 0.3) is 5.56 Å². The van der Waals surface area contributed by atoms with Crippen LogP contribution in [0, 0.1) is 18.3 Å². The number of cyclic esters (lactones) is 1. The molecule has 0 radical (unpaired) electrons. The van der Waals surface area contributed by atoms with Crippen molar-refractivity contribution >= 4 is 5.97 Å². The van der Waals surface area contributed by atoms with Crippen LogP contribution in [0.15, 0.2) is 52.9 Å². The molecule has 1 aromatic carbocycles. The quantitative estimate of drug-likeness (QED) is 0.768. The van der Waals surface area contributed by atoms with E-state index in [2.05, 4.69) is 11.1 Å². The van der Waals surface area contributed by atoms with Crippen molar-refractivity contribution in [3.63, 3.8) is 0 Å². The van der Waals surface area contributed by atoms with E-state index < -0.39 is 6.04 Å². The molecule has 3 heterocycles. The van der Waals surface area contributed by atoms with Crippen molar-refractivity contribution in [2.24, 2.45) is 5.73 Å². The molecule has 2 aliphatic heterocycles. The van der Waals surface area contributed by atoms with E-state index in [1.807, 2.05) is 11.0 Å². The van der Waals surface area contributed by atoms with E-state index in [1.54, 1.807) is 25.1 Å². The molecule has 1 aromatic heterocycles. The number of benzene rings is 1. The molecule has 8 heteroatoms. The fourth-order valence-corrected chi connectivity index (χ4v) is 4.15. The van der Waals surface area contributed by atoms with Gasteiger partial charge in [0.15, 0.2) is 0 Å². The molecule has 2 aliphatic rings. The van der Waals surface area contributed by atoms with Crippen molar-refractivity contribution in [2.45, 2.75) is 38.3 Å². The molecule has 2 N–H and O–H groups in total. The Morgan fingerprint density at radius 1 is 1.33 bits per heavy atom. The molecule has 1 fully saturated rings. The lowest BCUT2D eigenvalue weighted by Gasteiger charge is -2.33. The number of ether oxygens (including phenoxy) is 1. The first kappa shape index (κ1) is 19.9. The van der Waals surface area contributed by atoms with Crippen LogP contribution < -0.4 is 11.3 Å². The number of nitriles is 1. The summed E-state index contributed by atoms with van der Waals surface area (Å²) in [4.78, 5) is 31.5. The zero-order valence-electron chi connectivity index (χ0n) is 16.7. The van der Waals surface area contributed by atoms with E-state index in [1.165, 1.54) is 17.0 Å². The third-order valence-corrected chi connectivity index (χ3v) is 5.52. The Hall–Kier alpha value is -3.44. The van der Waals surface area contributed by atoms with Crippen LogP contribution in [0.1, 0.15) is 42.1 Å². The number of aryl methyl sites for hydroxylation is 1. The van der Waals surface area contributed by atoms with Crippen LogP contribution in [0.2, 0.25) is 0 Å². The standard InChI is InChI=1S/C22H23N5O3/c1-14-9-19(28)27(13-25-14)21(17-7-3-2-5-15(17)11-23)18-10-20(29)30-22(18)26-8-4-6-16(24)12-26/h2-3,5,7,9,13,16,21H,4,6,8,10,12,24H2,1H3/t16-,21?/m1/s1. The number of nitrogens with two attached hydrogens (primary N) is 1. The highest BCUT2D eigenvalue weighted by molar-refractivity contribution is 5.77. The minimum absolute atomic E-state index is 0.0135. The summed E-state index contributed by atoms with van der Waals surface area (Å²) in [7, 11) is 0. The second kappa shape index (κ2) is 8.13. The van der Waals surface area contributed by atoms with Crippen LogP contribution >= 0.6 is 0 Å². The van der Waals surface area contributed by atoms with E-state index in [0.717, 1.165) is 12.8 Å². The Morgan fingerprint density at radius 3 is 2.87 bits per heavy atom. The van der Waals surface area contributed by atoms with E-state index in [4.69, 9.17) is 10.5 Å². The SMILES string of the molecule is Cc1cc(=O)n(C(C2=C(N3CCC[C@@H](N)C3)OC(=O)C2)c2ccccc2C#N)cn1. The maximum atomic E-state index is 12.9. The predicted molar refractivity (Wildman–Crippen MR) is 109 cm³/mol. The number of carbonyl (C=O) groups is 1. The van der Waals surface area contributed by atoms with Crippen LogP contribution in [0.5, 0.6) is 0 Å². The maximum absolute atomic E-state index is 12.9. The number of nitrogens with zero attached hydrogens (tertiary/aromatic N) is 4. The van der Waals surface area contributed by atoms with Gasteiger partial charge in [-0.3, -0.25) is 14.2 Å². The molecule has 1 saturated heterocycles. The number of aromatic nitrogens is 2. The normalized spacial score (nSPS) is 20.1. The number of hydrogen-bond donors (Lipinski definition) is 1. The molecule has 0 spiro atoms. The summed E-state index contributed by atoms with van der Waals surface area (Å²) in [5, 5.41) is 9.68. The first-order valence-corrected chi connectivity index (χ1v) is 9.96. The van der Waals surface area contributed by atoms with E-state index >= 15 is 0 Å². The molecule has 0 aliphatic carbocycles. The van der Waals surface area contributed by atoms with Gasteiger partial charge in [-0.2, -0.15) is 5.26 Å². The first-order valence-electron chi connectivity index (χ1n) is 9.96. The highest BCUT2D eigenvalue weighted by atomic mass is 16.6. The number of hydrogen-bond acceptors (Lipinski definition) is 7. The Balaban J connectivity index is 1.92. The van der Waals surface area contributed by atoms with Crippen molar-refractivity contribution in [2.75, 3.05) is 13.1 Å². The number of piperidine rings is 1. The van der Waals surface area contributed by atoms with E-state index in [9.17, 15) is 14.9 Å². The van der Waals surface area contributed by atoms with Crippen LogP contribution in [-0.4, -0.2) is 39.6 Å². The lowest BCUT2D eigenvalue weighted by molar-refractivity contribution is -0.138. The highest BCUT2D eigenvalue weighted by Gasteiger charge is 2.37. The average molecular weight is 405 g/mol. The van der Waals surface area contributed by atoms with Gasteiger partial charge >= 0.3 is 5.97 Å². The van der Waals surface area contributed by atoms with Gasteiger partial charge in [-0.05, 0) is 31.4 Å². The molecule has 0 bridgehead atoms. The van der Waals surface area contributed by atoms with Crippen molar-refractivity contribution < 1.29 is 9.53 Å². The summed E-state index contributed by atoms with van der Waals surface area (Å²) in [6, 6.07) is 10.0. The summed E-state index contributed by atoms with van der Waals surface area (Å²) in [6.45, 7) is 3.03. The van der Waals surface area contributed by atoms with E-state index in [0.29, 0.717) is 41.4 Å². The molecule has 0 saturated carbocycles. The van der Waals surface area contributed by atoms with Crippen LogP contribution in [-0.2, 0) is 9.53 Å². The number of likely N-dealkylation sites (tertiary alicyclic amines) is 1. The lowest BCUT2D eigenvalue weighted by atomic mass is 9.92. The van der Waals surface area contributed by atoms with Crippen molar-refractivity contribution in [3.8, 4) is 6.07 Å².